The number of H-pyrrole nitrogens is 1. The highest BCUT2D eigenvalue weighted by molar-refractivity contribution is 5.87. The van der Waals surface area contributed by atoms with Crippen molar-refractivity contribution in [3.63, 3.8) is 0 Å². The van der Waals surface area contributed by atoms with Crippen LogP contribution in [0.5, 0.6) is 0 Å². The maximum atomic E-state index is 14.3. The van der Waals surface area contributed by atoms with Gasteiger partial charge in [-0.25, -0.2) is 18.7 Å². The smallest absolute Gasteiger partial charge is 0.142 e. The molecule has 1 saturated heterocycles. The number of nitrogens with zero attached hydrogens (tertiary/aromatic N) is 4. The van der Waals surface area contributed by atoms with Gasteiger partial charge in [0.2, 0.25) is 0 Å². The highest BCUT2D eigenvalue weighted by atomic mass is 19.1. The number of halogens is 2. The van der Waals surface area contributed by atoms with Crippen molar-refractivity contribution in [2.45, 2.75) is 18.8 Å². The zero-order valence-corrected chi connectivity index (χ0v) is 15.6. The van der Waals surface area contributed by atoms with E-state index in [1.807, 2.05) is 18.3 Å². The lowest BCUT2D eigenvalue weighted by Crippen LogP contribution is -2.33. The molecule has 1 N–H and O–H groups in total. The van der Waals surface area contributed by atoms with Gasteiger partial charge in [-0.3, -0.25) is 4.98 Å². The van der Waals surface area contributed by atoms with Gasteiger partial charge in [0.25, 0.3) is 0 Å². The van der Waals surface area contributed by atoms with E-state index in [0.717, 1.165) is 54.5 Å². The van der Waals surface area contributed by atoms with Gasteiger partial charge in [0.15, 0.2) is 0 Å². The van der Waals surface area contributed by atoms with Crippen molar-refractivity contribution in [3.05, 3.63) is 72.4 Å². The lowest BCUT2D eigenvalue weighted by molar-refractivity contribution is 0.500. The topological polar surface area (TPSA) is 57.7 Å². The summed E-state index contributed by atoms with van der Waals surface area (Å²) in [5.41, 5.74) is 3.01. The van der Waals surface area contributed by atoms with Crippen molar-refractivity contribution < 1.29 is 8.78 Å². The fraction of sp³-hybridized carbons (Fsp3) is 0.227. The summed E-state index contributed by atoms with van der Waals surface area (Å²) in [6, 6.07) is 8.34. The van der Waals surface area contributed by atoms with E-state index in [4.69, 9.17) is 0 Å². The number of fused-ring (bicyclic) bond motifs is 1. The molecule has 0 aliphatic carbocycles. The molecule has 0 bridgehead atoms. The van der Waals surface area contributed by atoms with Crippen LogP contribution in [0.4, 0.5) is 14.6 Å². The van der Waals surface area contributed by atoms with Crippen molar-refractivity contribution in [3.8, 4) is 11.1 Å². The molecular weight excluding hydrogens is 372 g/mol. The van der Waals surface area contributed by atoms with Crippen LogP contribution in [0, 0.1) is 11.6 Å². The van der Waals surface area contributed by atoms with Crippen LogP contribution in [0.3, 0.4) is 0 Å². The summed E-state index contributed by atoms with van der Waals surface area (Å²) in [4.78, 5) is 18.0. The molecule has 3 aromatic heterocycles. The number of piperidine rings is 1. The van der Waals surface area contributed by atoms with Crippen LogP contribution in [-0.4, -0.2) is 33.0 Å². The fourth-order valence-corrected chi connectivity index (χ4v) is 4.12. The Morgan fingerprint density at radius 1 is 0.931 bits per heavy atom. The molecule has 0 amide bonds. The fourth-order valence-electron chi connectivity index (χ4n) is 4.12. The summed E-state index contributed by atoms with van der Waals surface area (Å²) in [5.74, 6) is 0.433. The number of pyridine rings is 1. The van der Waals surface area contributed by atoms with E-state index in [-0.39, 0.29) is 11.7 Å². The first-order valence-electron chi connectivity index (χ1n) is 9.62. The third-order valence-corrected chi connectivity index (χ3v) is 5.56. The Kier molecular flexibility index (Phi) is 4.42. The molecule has 29 heavy (non-hydrogen) atoms. The van der Waals surface area contributed by atoms with Gasteiger partial charge in [-0.2, -0.15) is 0 Å². The van der Waals surface area contributed by atoms with Gasteiger partial charge >= 0.3 is 0 Å². The second kappa shape index (κ2) is 7.24. The number of anilines is 1. The largest absolute Gasteiger partial charge is 0.356 e. The number of rotatable bonds is 3. The van der Waals surface area contributed by atoms with Crippen LogP contribution in [0.1, 0.15) is 24.3 Å². The molecule has 0 unspecified atom stereocenters. The summed E-state index contributed by atoms with van der Waals surface area (Å²) in [7, 11) is 0. The van der Waals surface area contributed by atoms with E-state index in [0.29, 0.717) is 11.1 Å². The lowest BCUT2D eigenvalue weighted by atomic mass is 9.87. The lowest BCUT2D eigenvalue weighted by Gasteiger charge is -2.33. The minimum Gasteiger partial charge on any atom is -0.356 e. The number of hydrogen-bond acceptors (Lipinski definition) is 4. The molecule has 4 aromatic rings. The zero-order chi connectivity index (χ0) is 19.8. The minimum absolute atomic E-state index is 0.241. The highest BCUT2D eigenvalue weighted by Crippen LogP contribution is 2.34. The van der Waals surface area contributed by atoms with Gasteiger partial charge in [0.05, 0.1) is 11.6 Å². The molecule has 0 spiro atoms. The molecule has 1 fully saturated rings. The standard InChI is InChI=1S/C22H19F2N5/c23-18-8-15(7-16(9-18)17-10-19(24)12-25-11-17)14-2-5-29(6-3-14)22-20-1-4-26-21(20)27-13-28-22/h1,4,7-14H,2-3,5-6H2,(H,26,27,28). The van der Waals surface area contributed by atoms with E-state index in [9.17, 15) is 8.78 Å². The summed E-state index contributed by atoms with van der Waals surface area (Å²) in [6.45, 7) is 1.66. The molecule has 5 rings (SSSR count). The molecule has 5 nitrogen and oxygen atoms in total. The number of aromatic amines is 1. The predicted molar refractivity (Wildman–Crippen MR) is 108 cm³/mol. The number of aromatic nitrogens is 4. The van der Waals surface area contributed by atoms with Crippen LogP contribution >= 0.6 is 0 Å². The predicted octanol–water partition coefficient (Wildman–Crippen LogP) is 4.68. The van der Waals surface area contributed by atoms with Crippen molar-refractivity contribution in [2.75, 3.05) is 18.0 Å². The number of hydrogen-bond donors (Lipinski definition) is 1. The molecule has 0 radical (unpaired) electrons. The van der Waals surface area contributed by atoms with Gasteiger partial charge in [0, 0.05) is 31.0 Å². The average molecular weight is 391 g/mol. The van der Waals surface area contributed by atoms with Gasteiger partial charge in [-0.1, -0.05) is 6.07 Å². The van der Waals surface area contributed by atoms with E-state index in [1.165, 1.54) is 12.1 Å². The quantitative estimate of drug-likeness (QED) is 0.551. The average Bonchev–Trinajstić information content (AvgIpc) is 3.22. The second-order valence-corrected chi connectivity index (χ2v) is 7.36. The molecule has 0 saturated carbocycles. The second-order valence-electron chi connectivity index (χ2n) is 7.36. The van der Waals surface area contributed by atoms with Crippen molar-refractivity contribution >= 4 is 16.9 Å². The Hall–Kier alpha value is -3.35. The van der Waals surface area contributed by atoms with Crippen LogP contribution in [0.25, 0.3) is 22.2 Å². The van der Waals surface area contributed by atoms with E-state index >= 15 is 0 Å². The maximum Gasteiger partial charge on any atom is 0.142 e. The molecular formula is C22H19F2N5. The van der Waals surface area contributed by atoms with E-state index in [1.54, 1.807) is 18.6 Å². The normalized spacial score (nSPS) is 15.2. The SMILES string of the molecule is Fc1cncc(-c2cc(F)cc(C3CCN(c4ncnc5[nH]ccc45)CC3)c2)c1. The first kappa shape index (κ1) is 17.7. The van der Waals surface area contributed by atoms with Crippen molar-refractivity contribution in [1.29, 1.82) is 0 Å². The number of nitrogens with one attached hydrogen (secondary N) is 1. The molecule has 0 atom stereocenters. The van der Waals surface area contributed by atoms with E-state index in [2.05, 4.69) is 24.8 Å². The Bertz CT molecular complexity index is 1160. The molecule has 7 heteroatoms. The molecule has 4 heterocycles. The van der Waals surface area contributed by atoms with Gasteiger partial charge in [-0.15, -0.1) is 0 Å². The summed E-state index contributed by atoms with van der Waals surface area (Å²) in [6.07, 6.45) is 7.92. The Balaban J connectivity index is 1.38. The summed E-state index contributed by atoms with van der Waals surface area (Å²) >= 11 is 0. The Morgan fingerprint density at radius 3 is 2.59 bits per heavy atom. The third kappa shape index (κ3) is 3.44. The van der Waals surface area contributed by atoms with Crippen LogP contribution in [-0.2, 0) is 0 Å². The van der Waals surface area contributed by atoms with Gasteiger partial charge in [0.1, 0.15) is 29.4 Å². The summed E-state index contributed by atoms with van der Waals surface area (Å²) < 4.78 is 27.8. The van der Waals surface area contributed by atoms with Crippen LogP contribution in [0.15, 0.2) is 55.2 Å². The first-order valence-corrected chi connectivity index (χ1v) is 9.62. The van der Waals surface area contributed by atoms with E-state index < -0.39 is 5.82 Å². The van der Waals surface area contributed by atoms with Crippen LogP contribution < -0.4 is 4.90 Å². The number of benzene rings is 1. The highest BCUT2D eigenvalue weighted by Gasteiger charge is 2.24. The first-order chi connectivity index (χ1) is 14.2. The maximum absolute atomic E-state index is 14.3. The Morgan fingerprint density at radius 2 is 1.76 bits per heavy atom. The van der Waals surface area contributed by atoms with Gasteiger partial charge in [-0.05, 0) is 54.2 Å². The Labute approximate surface area is 166 Å². The third-order valence-electron chi connectivity index (χ3n) is 5.56. The van der Waals surface area contributed by atoms with Crippen LogP contribution in [0.2, 0.25) is 0 Å². The monoisotopic (exact) mass is 391 g/mol. The zero-order valence-electron chi connectivity index (χ0n) is 15.6. The molecule has 1 aliphatic rings. The van der Waals surface area contributed by atoms with Crippen molar-refractivity contribution in [2.24, 2.45) is 0 Å². The van der Waals surface area contributed by atoms with Gasteiger partial charge < -0.3 is 9.88 Å². The molecule has 1 aromatic carbocycles. The van der Waals surface area contributed by atoms with Crippen molar-refractivity contribution in [1.82, 2.24) is 19.9 Å². The molecule has 146 valence electrons. The summed E-state index contributed by atoms with van der Waals surface area (Å²) in [5, 5.41) is 1.01. The minimum atomic E-state index is -0.428. The molecule has 1 aliphatic heterocycles.